The van der Waals surface area contributed by atoms with Crippen molar-refractivity contribution in [2.45, 2.75) is 25.7 Å². The van der Waals surface area contributed by atoms with E-state index in [9.17, 15) is 0 Å². The second kappa shape index (κ2) is 7.34. The predicted molar refractivity (Wildman–Crippen MR) is 115 cm³/mol. The highest BCUT2D eigenvalue weighted by Gasteiger charge is 2.26. The highest BCUT2D eigenvalue weighted by molar-refractivity contribution is 7.26. The summed E-state index contributed by atoms with van der Waals surface area (Å²) in [5.74, 6) is 1.95. The summed E-state index contributed by atoms with van der Waals surface area (Å²) in [5, 5.41) is 1.33. The van der Waals surface area contributed by atoms with Gasteiger partial charge in [0.25, 0.3) is 0 Å². The predicted octanol–water partition coefficient (Wildman–Crippen LogP) is 2.79. The summed E-state index contributed by atoms with van der Waals surface area (Å²) in [6.07, 6.45) is 6.64. The minimum Gasteiger partial charge on any atom is -0.378 e. The van der Waals surface area contributed by atoms with Gasteiger partial charge in [-0.2, -0.15) is 0 Å². The Bertz CT molecular complexity index is 1060. The van der Waals surface area contributed by atoms with Crippen LogP contribution in [-0.2, 0) is 22.3 Å². The van der Waals surface area contributed by atoms with Gasteiger partial charge in [-0.15, -0.1) is 11.3 Å². The number of morpholine rings is 2. The van der Waals surface area contributed by atoms with Crippen LogP contribution >= 0.6 is 11.3 Å². The molecule has 0 unspecified atom stereocenters. The van der Waals surface area contributed by atoms with E-state index in [2.05, 4.69) is 9.80 Å². The Morgan fingerprint density at radius 1 is 0.862 bits per heavy atom. The second-order valence-electron chi connectivity index (χ2n) is 7.96. The number of thiophene rings is 1. The molecule has 6 rings (SSSR count). The Labute approximate surface area is 173 Å². The van der Waals surface area contributed by atoms with Crippen LogP contribution in [0.1, 0.15) is 24.1 Å². The standard InChI is InChI=1S/C21H25N5O2S/c1-2-4-15-14(3-1)17-18-16(13-22-21(24-18)26-7-11-28-12-8-26)29-19(17)20(23-15)25-5-9-27-10-6-25/h13H,1-12H2. The van der Waals surface area contributed by atoms with E-state index in [0.717, 1.165) is 87.4 Å². The number of anilines is 2. The van der Waals surface area contributed by atoms with Gasteiger partial charge in [-0.1, -0.05) is 0 Å². The maximum absolute atomic E-state index is 5.58. The lowest BCUT2D eigenvalue weighted by Crippen LogP contribution is -2.37. The molecule has 0 amide bonds. The highest BCUT2D eigenvalue weighted by atomic mass is 32.1. The first-order chi connectivity index (χ1) is 14.4. The van der Waals surface area contributed by atoms with Crippen molar-refractivity contribution in [3.8, 4) is 0 Å². The van der Waals surface area contributed by atoms with E-state index >= 15 is 0 Å². The average molecular weight is 412 g/mol. The molecule has 29 heavy (non-hydrogen) atoms. The molecule has 3 aliphatic rings. The molecule has 0 spiro atoms. The molecule has 0 N–H and O–H groups in total. The molecule has 0 atom stereocenters. The fourth-order valence-electron chi connectivity index (χ4n) is 4.69. The van der Waals surface area contributed by atoms with Crippen LogP contribution in [0.15, 0.2) is 6.20 Å². The first kappa shape index (κ1) is 17.8. The Morgan fingerprint density at radius 3 is 2.38 bits per heavy atom. The molecule has 5 heterocycles. The first-order valence-corrected chi connectivity index (χ1v) is 11.5. The Kier molecular flexibility index (Phi) is 4.50. The molecule has 3 aromatic heterocycles. The van der Waals surface area contributed by atoms with Crippen molar-refractivity contribution >= 4 is 43.4 Å². The number of rotatable bonds is 2. The van der Waals surface area contributed by atoms with E-state index in [1.54, 1.807) is 11.3 Å². The minimum absolute atomic E-state index is 0.742. The summed E-state index contributed by atoms with van der Waals surface area (Å²) in [6, 6.07) is 0. The largest absolute Gasteiger partial charge is 0.378 e. The van der Waals surface area contributed by atoms with Gasteiger partial charge >= 0.3 is 0 Å². The second-order valence-corrected chi connectivity index (χ2v) is 9.01. The van der Waals surface area contributed by atoms with Gasteiger partial charge in [0.2, 0.25) is 5.95 Å². The van der Waals surface area contributed by atoms with Crippen LogP contribution < -0.4 is 9.80 Å². The molecule has 0 saturated carbocycles. The summed E-state index contributed by atoms with van der Waals surface area (Å²) in [4.78, 5) is 19.6. The van der Waals surface area contributed by atoms with Gasteiger partial charge in [0.05, 0.1) is 47.5 Å². The number of ether oxygens (including phenoxy) is 2. The van der Waals surface area contributed by atoms with Gasteiger partial charge in [-0.05, 0) is 31.2 Å². The zero-order chi connectivity index (χ0) is 19.2. The van der Waals surface area contributed by atoms with E-state index in [1.807, 2.05) is 6.20 Å². The van der Waals surface area contributed by atoms with E-state index in [1.165, 1.54) is 34.2 Å². The molecule has 2 saturated heterocycles. The quantitative estimate of drug-likeness (QED) is 0.642. The van der Waals surface area contributed by atoms with Gasteiger partial charge in [-0.3, -0.25) is 0 Å². The topological polar surface area (TPSA) is 63.6 Å². The molecule has 152 valence electrons. The molecule has 2 aliphatic heterocycles. The SMILES string of the molecule is c1nc(N2CCOCC2)nc2c1sc1c(N3CCOCC3)nc3c(c12)CCCC3. The molecular formula is C21H25N5O2S. The Balaban J connectivity index is 1.56. The summed E-state index contributed by atoms with van der Waals surface area (Å²) in [6.45, 7) is 6.54. The minimum atomic E-state index is 0.742. The fraction of sp³-hybridized carbons (Fsp3) is 0.571. The number of aromatic nitrogens is 3. The molecule has 7 nitrogen and oxygen atoms in total. The molecule has 0 aromatic carbocycles. The molecule has 3 aromatic rings. The van der Waals surface area contributed by atoms with Crippen LogP contribution in [-0.4, -0.2) is 67.6 Å². The molecule has 1 aliphatic carbocycles. The average Bonchev–Trinajstić information content (AvgIpc) is 3.19. The van der Waals surface area contributed by atoms with Crippen molar-refractivity contribution in [1.29, 1.82) is 0 Å². The van der Waals surface area contributed by atoms with Crippen LogP contribution in [0.3, 0.4) is 0 Å². The number of nitrogens with zero attached hydrogens (tertiary/aromatic N) is 5. The summed E-state index contributed by atoms with van der Waals surface area (Å²) in [7, 11) is 0. The third-order valence-electron chi connectivity index (χ3n) is 6.21. The Morgan fingerprint density at radius 2 is 1.59 bits per heavy atom. The van der Waals surface area contributed by atoms with E-state index in [4.69, 9.17) is 24.4 Å². The third kappa shape index (κ3) is 3.05. The van der Waals surface area contributed by atoms with Crippen LogP contribution in [0.25, 0.3) is 20.3 Å². The van der Waals surface area contributed by atoms with Gasteiger partial charge < -0.3 is 19.3 Å². The monoisotopic (exact) mass is 411 g/mol. The van der Waals surface area contributed by atoms with Gasteiger partial charge in [0.15, 0.2) is 0 Å². The summed E-state index contributed by atoms with van der Waals surface area (Å²) < 4.78 is 13.5. The van der Waals surface area contributed by atoms with Gasteiger partial charge in [-0.25, -0.2) is 15.0 Å². The summed E-state index contributed by atoms with van der Waals surface area (Å²) in [5.41, 5.74) is 3.80. The van der Waals surface area contributed by atoms with Crippen molar-refractivity contribution < 1.29 is 9.47 Å². The number of hydrogen-bond donors (Lipinski definition) is 0. The first-order valence-electron chi connectivity index (χ1n) is 10.6. The van der Waals surface area contributed by atoms with Crippen LogP contribution in [0.4, 0.5) is 11.8 Å². The van der Waals surface area contributed by atoms with Gasteiger partial charge in [0.1, 0.15) is 5.82 Å². The zero-order valence-electron chi connectivity index (χ0n) is 16.5. The number of aryl methyl sites for hydroxylation is 2. The summed E-state index contributed by atoms with van der Waals surface area (Å²) >= 11 is 1.80. The molecule has 0 bridgehead atoms. The molecule has 2 fully saturated rings. The number of hydrogen-bond acceptors (Lipinski definition) is 8. The fourth-order valence-corrected chi connectivity index (χ4v) is 5.84. The molecular weight excluding hydrogens is 386 g/mol. The maximum atomic E-state index is 5.58. The van der Waals surface area contributed by atoms with Crippen molar-refractivity contribution in [2.75, 3.05) is 62.4 Å². The van der Waals surface area contributed by atoms with Crippen molar-refractivity contribution in [3.05, 3.63) is 17.5 Å². The van der Waals surface area contributed by atoms with Crippen molar-refractivity contribution in [1.82, 2.24) is 15.0 Å². The van der Waals surface area contributed by atoms with Crippen LogP contribution in [0.2, 0.25) is 0 Å². The molecule has 8 heteroatoms. The van der Waals surface area contributed by atoms with Crippen molar-refractivity contribution in [3.63, 3.8) is 0 Å². The normalized spacial score (nSPS) is 20.4. The maximum Gasteiger partial charge on any atom is 0.226 e. The van der Waals surface area contributed by atoms with Crippen molar-refractivity contribution in [2.24, 2.45) is 0 Å². The zero-order valence-corrected chi connectivity index (χ0v) is 17.3. The van der Waals surface area contributed by atoms with Crippen LogP contribution in [0, 0.1) is 0 Å². The third-order valence-corrected chi connectivity index (χ3v) is 7.32. The lowest BCUT2D eigenvalue weighted by Gasteiger charge is -2.29. The van der Waals surface area contributed by atoms with E-state index in [-0.39, 0.29) is 0 Å². The lowest BCUT2D eigenvalue weighted by molar-refractivity contribution is 0.122. The van der Waals surface area contributed by atoms with Gasteiger partial charge in [0, 0.05) is 37.3 Å². The van der Waals surface area contributed by atoms with E-state index in [0.29, 0.717) is 0 Å². The molecule has 0 radical (unpaired) electrons. The van der Waals surface area contributed by atoms with Crippen LogP contribution in [0.5, 0.6) is 0 Å². The number of pyridine rings is 1. The Hall–Kier alpha value is -2.03. The van der Waals surface area contributed by atoms with E-state index < -0.39 is 0 Å². The lowest BCUT2D eigenvalue weighted by atomic mass is 9.93. The smallest absolute Gasteiger partial charge is 0.226 e. The number of fused-ring (bicyclic) bond motifs is 5. The highest BCUT2D eigenvalue weighted by Crippen LogP contribution is 2.43.